The number of carbonyl (C=O) groups excluding carboxylic acids is 2. The molecule has 0 fully saturated rings. The van der Waals surface area contributed by atoms with Gasteiger partial charge in [0.2, 0.25) is 5.91 Å². The van der Waals surface area contributed by atoms with Crippen LogP contribution in [0.1, 0.15) is 23.7 Å². The fraction of sp³-hybridized carbons (Fsp3) is 0.0909. The van der Waals surface area contributed by atoms with E-state index in [0.29, 0.717) is 29.2 Å². The summed E-state index contributed by atoms with van der Waals surface area (Å²) in [7, 11) is 0. The van der Waals surface area contributed by atoms with Crippen molar-refractivity contribution in [2.75, 3.05) is 16.0 Å². The molecule has 3 rings (SSSR count). The Kier molecular flexibility index (Phi) is 6.39. The van der Waals surface area contributed by atoms with Crippen molar-refractivity contribution >= 4 is 40.3 Å². The first-order chi connectivity index (χ1) is 14.5. The molecular weight excluding hydrogens is 384 g/mol. The van der Waals surface area contributed by atoms with Gasteiger partial charge in [0.25, 0.3) is 11.6 Å². The second-order valence-corrected chi connectivity index (χ2v) is 6.41. The molecular formula is C22H20N4O4. The number of hydrogen-bond donors (Lipinski definition) is 3. The first-order valence-electron chi connectivity index (χ1n) is 9.28. The molecule has 0 radical (unpaired) electrons. The molecule has 0 heterocycles. The molecule has 0 aliphatic carbocycles. The minimum atomic E-state index is -0.534. The molecule has 0 bridgehead atoms. The number of hydrogen-bond acceptors (Lipinski definition) is 5. The predicted molar refractivity (Wildman–Crippen MR) is 116 cm³/mol. The molecule has 8 heteroatoms. The zero-order valence-electron chi connectivity index (χ0n) is 16.2. The van der Waals surface area contributed by atoms with Gasteiger partial charge < -0.3 is 16.0 Å². The first-order valence-corrected chi connectivity index (χ1v) is 9.28. The summed E-state index contributed by atoms with van der Waals surface area (Å²) in [6.07, 6.45) is 0.367. The second kappa shape index (κ2) is 9.33. The Morgan fingerprint density at radius 2 is 1.50 bits per heavy atom. The van der Waals surface area contributed by atoms with E-state index >= 15 is 0 Å². The molecule has 0 saturated heterocycles. The summed E-state index contributed by atoms with van der Waals surface area (Å²) in [5.41, 5.74) is 2.06. The van der Waals surface area contributed by atoms with Crippen LogP contribution in [0.3, 0.4) is 0 Å². The predicted octanol–water partition coefficient (Wildman–Crippen LogP) is 4.94. The lowest BCUT2D eigenvalue weighted by Crippen LogP contribution is -2.13. The molecule has 0 aliphatic rings. The summed E-state index contributed by atoms with van der Waals surface area (Å²) in [5, 5.41) is 19.9. The highest BCUT2D eigenvalue weighted by Crippen LogP contribution is 2.29. The Labute approximate surface area is 173 Å². The van der Waals surface area contributed by atoms with Gasteiger partial charge in [-0.1, -0.05) is 25.1 Å². The maximum atomic E-state index is 12.5. The number of nitro groups is 1. The topological polar surface area (TPSA) is 113 Å². The standard InChI is InChI=1S/C22H20N4O4/c1-2-21(27)24-17-9-11-18(12-10-17)25-22(28)15-8-13-19(20(14-15)26(29)30)23-16-6-4-3-5-7-16/h3-14,23H,2H2,1H3,(H,24,27)(H,25,28). The average Bonchev–Trinajstić information content (AvgIpc) is 2.75. The van der Waals surface area contributed by atoms with Crippen molar-refractivity contribution < 1.29 is 14.5 Å². The lowest BCUT2D eigenvalue weighted by molar-refractivity contribution is -0.383. The molecule has 0 unspecified atom stereocenters. The fourth-order valence-corrected chi connectivity index (χ4v) is 2.70. The summed E-state index contributed by atoms with van der Waals surface area (Å²) < 4.78 is 0. The highest BCUT2D eigenvalue weighted by atomic mass is 16.6. The third kappa shape index (κ3) is 5.20. The normalized spacial score (nSPS) is 10.2. The van der Waals surface area contributed by atoms with Gasteiger partial charge >= 0.3 is 0 Å². The van der Waals surface area contributed by atoms with E-state index in [2.05, 4.69) is 16.0 Å². The second-order valence-electron chi connectivity index (χ2n) is 6.41. The van der Waals surface area contributed by atoms with Crippen LogP contribution in [0.4, 0.5) is 28.4 Å². The number of nitrogens with one attached hydrogen (secondary N) is 3. The maximum absolute atomic E-state index is 12.5. The quantitative estimate of drug-likeness (QED) is 0.381. The van der Waals surface area contributed by atoms with Crippen molar-refractivity contribution in [1.29, 1.82) is 0 Å². The molecule has 2 amide bonds. The molecule has 0 spiro atoms. The van der Waals surface area contributed by atoms with Crippen LogP contribution in [0.25, 0.3) is 0 Å². The minimum Gasteiger partial charge on any atom is -0.350 e. The number of rotatable bonds is 7. The highest BCUT2D eigenvalue weighted by molar-refractivity contribution is 6.05. The lowest BCUT2D eigenvalue weighted by Gasteiger charge is -2.10. The third-order valence-corrected chi connectivity index (χ3v) is 4.26. The number of anilines is 4. The van der Waals surface area contributed by atoms with Crippen LogP contribution in [0.15, 0.2) is 72.8 Å². The van der Waals surface area contributed by atoms with E-state index in [9.17, 15) is 19.7 Å². The van der Waals surface area contributed by atoms with E-state index < -0.39 is 10.8 Å². The van der Waals surface area contributed by atoms with Gasteiger partial charge in [0.05, 0.1) is 4.92 Å². The Balaban J connectivity index is 1.75. The summed E-state index contributed by atoms with van der Waals surface area (Å²) in [6.45, 7) is 1.75. The van der Waals surface area contributed by atoms with Gasteiger partial charge in [0, 0.05) is 35.1 Å². The highest BCUT2D eigenvalue weighted by Gasteiger charge is 2.18. The van der Waals surface area contributed by atoms with E-state index in [1.807, 2.05) is 18.2 Å². The van der Waals surface area contributed by atoms with E-state index in [1.165, 1.54) is 18.2 Å². The zero-order chi connectivity index (χ0) is 21.5. The lowest BCUT2D eigenvalue weighted by atomic mass is 10.1. The molecule has 0 atom stereocenters. The van der Waals surface area contributed by atoms with Crippen molar-refractivity contribution in [2.45, 2.75) is 13.3 Å². The van der Waals surface area contributed by atoms with Gasteiger partial charge in [0.15, 0.2) is 0 Å². The number of para-hydroxylation sites is 1. The average molecular weight is 404 g/mol. The Morgan fingerprint density at radius 1 is 0.867 bits per heavy atom. The molecule has 0 aliphatic heterocycles. The van der Waals surface area contributed by atoms with Gasteiger partial charge in [-0.25, -0.2) is 0 Å². The van der Waals surface area contributed by atoms with E-state index in [1.54, 1.807) is 43.3 Å². The molecule has 30 heavy (non-hydrogen) atoms. The van der Waals surface area contributed by atoms with Crippen LogP contribution in [-0.4, -0.2) is 16.7 Å². The van der Waals surface area contributed by atoms with Gasteiger partial charge in [-0.3, -0.25) is 19.7 Å². The number of nitro benzene ring substituents is 1. The fourth-order valence-electron chi connectivity index (χ4n) is 2.70. The minimum absolute atomic E-state index is 0.108. The number of carbonyl (C=O) groups is 2. The largest absolute Gasteiger partial charge is 0.350 e. The smallest absolute Gasteiger partial charge is 0.293 e. The molecule has 3 N–H and O–H groups in total. The van der Waals surface area contributed by atoms with Gasteiger partial charge in [-0.2, -0.15) is 0 Å². The van der Waals surface area contributed by atoms with Gasteiger partial charge in [0.1, 0.15) is 5.69 Å². The van der Waals surface area contributed by atoms with Crippen LogP contribution in [0.2, 0.25) is 0 Å². The summed E-state index contributed by atoms with van der Waals surface area (Å²) in [5.74, 6) is -0.585. The SMILES string of the molecule is CCC(=O)Nc1ccc(NC(=O)c2ccc(Nc3ccccc3)c([N+](=O)[O-])c2)cc1. The van der Waals surface area contributed by atoms with Crippen molar-refractivity contribution in [2.24, 2.45) is 0 Å². The van der Waals surface area contributed by atoms with Crippen LogP contribution in [-0.2, 0) is 4.79 Å². The van der Waals surface area contributed by atoms with Crippen LogP contribution in [0, 0.1) is 10.1 Å². The van der Waals surface area contributed by atoms with Crippen LogP contribution in [0.5, 0.6) is 0 Å². The molecule has 3 aromatic carbocycles. The van der Waals surface area contributed by atoms with Crippen molar-refractivity contribution in [3.05, 3.63) is 88.5 Å². The van der Waals surface area contributed by atoms with E-state index in [-0.39, 0.29) is 17.2 Å². The molecule has 152 valence electrons. The zero-order valence-corrected chi connectivity index (χ0v) is 16.2. The summed E-state index contributed by atoms with van der Waals surface area (Å²) in [4.78, 5) is 34.9. The van der Waals surface area contributed by atoms with Crippen molar-refractivity contribution in [1.82, 2.24) is 0 Å². The Hall–Kier alpha value is -4.20. The van der Waals surface area contributed by atoms with Gasteiger partial charge in [-0.15, -0.1) is 0 Å². The first kappa shape index (κ1) is 20.5. The van der Waals surface area contributed by atoms with E-state index in [4.69, 9.17) is 0 Å². The third-order valence-electron chi connectivity index (χ3n) is 4.26. The van der Waals surface area contributed by atoms with Gasteiger partial charge in [-0.05, 0) is 48.5 Å². The molecule has 8 nitrogen and oxygen atoms in total. The van der Waals surface area contributed by atoms with Crippen LogP contribution >= 0.6 is 0 Å². The summed E-state index contributed by atoms with van der Waals surface area (Å²) in [6, 6.07) is 19.9. The van der Waals surface area contributed by atoms with Crippen molar-refractivity contribution in [3.8, 4) is 0 Å². The monoisotopic (exact) mass is 404 g/mol. The molecule has 3 aromatic rings. The van der Waals surface area contributed by atoms with E-state index in [0.717, 1.165) is 0 Å². The van der Waals surface area contributed by atoms with Crippen molar-refractivity contribution in [3.63, 3.8) is 0 Å². The number of nitrogens with zero attached hydrogens (tertiary/aromatic N) is 1. The molecule has 0 aromatic heterocycles. The number of amides is 2. The Morgan fingerprint density at radius 3 is 2.10 bits per heavy atom. The molecule has 0 saturated carbocycles. The van der Waals surface area contributed by atoms with Crippen LogP contribution < -0.4 is 16.0 Å². The number of benzene rings is 3. The summed E-state index contributed by atoms with van der Waals surface area (Å²) >= 11 is 0. The Bertz CT molecular complexity index is 1070. The maximum Gasteiger partial charge on any atom is 0.293 e.